The number of sulfonamides is 1. The average molecular weight is 545 g/mol. The number of nitrogens with zero attached hydrogens (tertiary/aromatic N) is 1. The molecule has 9 heteroatoms. The largest absolute Gasteiger partial charge is 0.357 e. The van der Waals surface area contributed by atoms with Crippen LogP contribution in [0.2, 0.25) is 0 Å². The average Bonchev–Trinajstić information content (AvgIpc) is 3.29. The fourth-order valence-electron chi connectivity index (χ4n) is 2.50. The number of benzene rings is 1. The Labute approximate surface area is 175 Å². The van der Waals surface area contributed by atoms with E-state index >= 15 is 0 Å². The summed E-state index contributed by atoms with van der Waals surface area (Å²) in [5.41, 5.74) is 1.45. The van der Waals surface area contributed by atoms with Gasteiger partial charge in [-0.15, -0.1) is 24.0 Å². The summed E-state index contributed by atoms with van der Waals surface area (Å²) in [5.74, 6) is 0.717. The fourth-order valence-corrected chi connectivity index (χ4v) is 3.37. The second-order valence-electron chi connectivity index (χ2n) is 6.08. The predicted octanol–water partition coefficient (Wildman–Crippen LogP) is 2.20. The second-order valence-corrected chi connectivity index (χ2v) is 8.83. The zero-order valence-electron chi connectivity index (χ0n) is 14.5. The smallest absolute Gasteiger partial charge is 0.208 e. The molecule has 0 aliphatic heterocycles. The van der Waals surface area contributed by atoms with E-state index in [2.05, 4.69) is 54.5 Å². The molecule has 1 saturated carbocycles. The van der Waals surface area contributed by atoms with Crippen LogP contribution in [0.5, 0.6) is 0 Å². The summed E-state index contributed by atoms with van der Waals surface area (Å²) in [4.78, 5) is 4.69. The molecule has 1 aromatic rings. The lowest BCUT2D eigenvalue weighted by molar-refractivity contribution is 0.586. The molecule has 1 aliphatic rings. The monoisotopic (exact) mass is 544 g/mol. The van der Waals surface area contributed by atoms with Crippen LogP contribution < -0.4 is 15.4 Å². The molecule has 0 unspecified atom stereocenters. The molecule has 1 fully saturated rings. The van der Waals surface area contributed by atoms with E-state index in [1.54, 1.807) is 0 Å². The van der Waals surface area contributed by atoms with Crippen molar-refractivity contribution in [3.05, 3.63) is 34.3 Å². The van der Waals surface area contributed by atoms with Crippen molar-refractivity contribution in [2.45, 2.75) is 25.2 Å². The van der Waals surface area contributed by atoms with Gasteiger partial charge in [-0.25, -0.2) is 13.1 Å². The summed E-state index contributed by atoms with van der Waals surface area (Å²) in [6, 6.07) is 8.41. The van der Waals surface area contributed by atoms with E-state index in [1.165, 1.54) is 5.56 Å². The van der Waals surface area contributed by atoms with E-state index in [9.17, 15) is 8.42 Å². The van der Waals surface area contributed by atoms with E-state index < -0.39 is 10.0 Å². The van der Waals surface area contributed by atoms with Gasteiger partial charge >= 0.3 is 0 Å². The standard InChI is InChI=1S/C16H25BrN4O2S.HI/c1-3-18-15(19-9-10-21-24(2,22)23)20-12-16(7-8-16)13-5-4-6-14(17)11-13;/h4-6,11,21H,3,7-10,12H2,1-2H3,(H2,18,19,20);1H. The van der Waals surface area contributed by atoms with Gasteiger partial charge in [0.25, 0.3) is 0 Å². The molecular formula is C16H26BrIN4O2S. The van der Waals surface area contributed by atoms with Crippen LogP contribution in [0.3, 0.4) is 0 Å². The van der Waals surface area contributed by atoms with E-state index in [4.69, 9.17) is 0 Å². The van der Waals surface area contributed by atoms with Crippen molar-refractivity contribution < 1.29 is 8.42 Å². The molecule has 2 rings (SSSR count). The number of aliphatic imine (C=N–C) groups is 1. The first-order chi connectivity index (χ1) is 11.3. The van der Waals surface area contributed by atoms with E-state index in [0.29, 0.717) is 19.0 Å². The minimum atomic E-state index is -3.15. The molecule has 25 heavy (non-hydrogen) atoms. The Kier molecular flexibility index (Phi) is 9.13. The van der Waals surface area contributed by atoms with Crippen LogP contribution in [-0.2, 0) is 15.4 Å². The molecule has 1 aromatic carbocycles. The highest BCUT2D eigenvalue weighted by atomic mass is 127. The SMILES string of the molecule is CCNC(=NCC1(c2cccc(Br)c2)CC1)NCCNS(C)(=O)=O.I. The number of hydrogen-bond acceptors (Lipinski definition) is 3. The van der Waals surface area contributed by atoms with Crippen LogP contribution in [-0.4, -0.2) is 46.8 Å². The molecular weight excluding hydrogens is 519 g/mol. The highest BCUT2D eigenvalue weighted by molar-refractivity contribution is 14.0. The van der Waals surface area contributed by atoms with E-state index in [-0.39, 0.29) is 29.4 Å². The number of guanidine groups is 1. The first-order valence-corrected chi connectivity index (χ1v) is 10.8. The van der Waals surface area contributed by atoms with Gasteiger partial charge in [-0.05, 0) is 37.5 Å². The van der Waals surface area contributed by atoms with Gasteiger partial charge in [-0.3, -0.25) is 4.99 Å². The topological polar surface area (TPSA) is 82.6 Å². The second kappa shape index (κ2) is 10.1. The zero-order chi connectivity index (χ0) is 17.6. The normalized spacial score (nSPS) is 16.0. The Bertz CT molecular complexity index is 693. The fraction of sp³-hybridized carbons (Fsp3) is 0.562. The van der Waals surface area contributed by atoms with Gasteiger partial charge in [0.2, 0.25) is 10.0 Å². The summed E-state index contributed by atoms with van der Waals surface area (Å²) in [5, 5.41) is 6.36. The van der Waals surface area contributed by atoms with Crippen LogP contribution in [0.15, 0.2) is 33.7 Å². The molecule has 0 aromatic heterocycles. The van der Waals surface area contributed by atoms with Crippen molar-refractivity contribution in [1.82, 2.24) is 15.4 Å². The Hall–Kier alpha value is -0.390. The van der Waals surface area contributed by atoms with Crippen molar-refractivity contribution in [3.63, 3.8) is 0 Å². The Morgan fingerprint density at radius 3 is 2.56 bits per heavy atom. The maximum atomic E-state index is 11.1. The molecule has 0 spiro atoms. The Balaban J connectivity index is 0.00000312. The van der Waals surface area contributed by atoms with Gasteiger partial charge in [0.05, 0.1) is 12.8 Å². The van der Waals surface area contributed by atoms with Crippen LogP contribution in [0.1, 0.15) is 25.3 Å². The summed E-state index contributed by atoms with van der Waals surface area (Å²) in [7, 11) is -3.15. The molecule has 3 N–H and O–H groups in total. The molecule has 0 amide bonds. The first-order valence-electron chi connectivity index (χ1n) is 8.07. The molecule has 0 heterocycles. The maximum Gasteiger partial charge on any atom is 0.208 e. The number of nitrogens with one attached hydrogen (secondary N) is 3. The molecule has 0 bridgehead atoms. The molecule has 6 nitrogen and oxygen atoms in total. The summed E-state index contributed by atoms with van der Waals surface area (Å²) in [6.45, 7) is 4.31. The number of rotatable bonds is 8. The molecule has 1 aliphatic carbocycles. The summed E-state index contributed by atoms with van der Waals surface area (Å²) < 4.78 is 25.7. The van der Waals surface area contributed by atoms with E-state index in [1.807, 2.05) is 13.0 Å². The lowest BCUT2D eigenvalue weighted by Crippen LogP contribution is -2.41. The molecule has 142 valence electrons. The highest BCUT2D eigenvalue weighted by Gasteiger charge is 2.44. The van der Waals surface area contributed by atoms with Crippen LogP contribution in [0, 0.1) is 0 Å². The molecule has 0 saturated heterocycles. The van der Waals surface area contributed by atoms with Gasteiger partial charge in [0, 0.05) is 29.5 Å². The lowest BCUT2D eigenvalue weighted by Gasteiger charge is -2.16. The highest BCUT2D eigenvalue weighted by Crippen LogP contribution is 2.48. The lowest BCUT2D eigenvalue weighted by atomic mass is 9.96. The summed E-state index contributed by atoms with van der Waals surface area (Å²) >= 11 is 3.53. The minimum Gasteiger partial charge on any atom is -0.357 e. The number of hydrogen-bond donors (Lipinski definition) is 3. The predicted molar refractivity (Wildman–Crippen MR) is 117 cm³/mol. The van der Waals surface area contributed by atoms with Gasteiger partial charge in [0.1, 0.15) is 0 Å². The van der Waals surface area contributed by atoms with Crippen LogP contribution in [0.4, 0.5) is 0 Å². The number of halogens is 2. The first kappa shape index (κ1) is 22.7. The third kappa shape index (κ3) is 7.79. The van der Waals surface area contributed by atoms with E-state index in [0.717, 1.165) is 36.7 Å². The van der Waals surface area contributed by atoms with Gasteiger partial charge in [0.15, 0.2) is 5.96 Å². The Morgan fingerprint density at radius 1 is 1.28 bits per heavy atom. The van der Waals surface area contributed by atoms with Crippen molar-refractivity contribution >= 4 is 55.9 Å². The third-order valence-corrected chi connectivity index (χ3v) is 5.18. The van der Waals surface area contributed by atoms with Crippen LogP contribution >= 0.6 is 39.9 Å². The van der Waals surface area contributed by atoms with Crippen molar-refractivity contribution in [1.29, 1.82) is 0 Å². The van der Waals surface area contributed by atoms with Crippen molar-refractivity contribution in [3.8, 4) is 0 Å². The third-order valence-electron chi connectivity index (χ3n) is 3.96. The van der Waals surface area contributed by atoms with Crippen molar-refractivity contribution in [2.75, 3.05) is 32.4 Å². The van der Waals surface area contributed by atoms with Gasteiger partial charge < -0.3 is 10.6 Å². The van der Waals surface area contributed by atoms with Crippen molar-refractivity contribution in [2.24, 2.45) is 4.99 Å². The zero-order valence-corrected chi connectivity index (χ0v) is 19.2. The minimum absolute atomic E-state index is 0. The Morgan fingerprint density at radius 2 is 2.00 bits per heavy atom. The maximum absolute atomic E-state index is 11.1. The van der Waals surface area contributed by atoms with Gasteiger partial charge in [-0.1, -0.05) is 28.1 Å². The quantitative estimate of drug-likeness (QED) is 0.203. The van der Waals surface area contributed by atoms with Crippen LogP contribution in [0.25, 0.3) is 0 Å². The molecule has 0 atom stereocenters. The van der Waals surface area contributed by atoms with Gasteiger partial charge in [-0.2, -0.15) is 0 Å². The molecule has 0 radical (unpaired) electrons. The summed E-state index contributed by atoms with van der Waals surface area (Å²) in [6.07, 6.45) is 3.44.